The first kappa shape index (κ1) is 19.8. The number of anilines is 2. The summed E-state index contributed by atoms with van der Waals surface area (Å²) in [6.07, 6.45) is 6.93. The van der Waals surface area contributed by atoms with Gasteiger partial charge in [-0.3, -0.25) is 9.48 Å². The van der Waals surface area contributed by atoms with Gasteiger partial charge in [-0.25, -0.2) is 19.6 Å². The second-order valence-electron chi connectivity index (χ2n) is 7.56. The van der Waals surface area contributed by atoms with Gasteiger partial charge in [-0.1, -0.05) is 11.3 Å². The van der Waals surface area contributed by atoms with Gasteiger partial charge >= 0.3 is 0 Å². The largest absolute Gasteiger partial charge is 0.374 e. The van der Waals surface area contributed by atoms with Crippen molar-refractivity contribution in [2.75, 3.05) is 18.9 Å². The SMILES string of the molecule is CN1CCC(O)(c2cn(-c3cccc(-c4ccnc(Nc5cnn(C)c5)n4)n3)nn2)C1=O. The molecule has 1 aliphatic heterocycles. The minimum absolute atomic E-state index is 0.198. The minimum atomic E-state index is -1.66. The van der Waals surface area contributed by atoms with Crippen LogP contribution >= 0.6 is 0 Å². The summed E-state index contributed by atoms with van der Waals surface area (Å²) in [5, 5.41) is 26.1. The standard InChI is InChI=1S/C20H20N10O2/c1-28-9-7-20(32,18(28)31)16-12-30(27-26-16)17-5-3-4-14(24-17)15-6-8-21-19(25-15)23-13-10-22-29(2)11-13/h3-6,8,10-12,32H,7,9H2,1-2H3,(H,21,23,25). The number of hydrogen-bond acceptors (Lipinski definition) is 9. The molecule has 5 rings (SSSR count). The van der Waals surface area contributed by atoms with Crippen LogP contribution in [0.25, 0.3) is 17.2 Å². The van der Waals surface area contributed by atoms with Gasteiger partial charge in [0.1, 0.15) is 5.69 Å². The summed E-state index contributed by atoms with van der Waals surface area (Å²) in [5.74, 6) is 0.502. The van der Waals surface area contributed by atoms with Crippen LogP contribution in [-0.2, 0) is 17.4 Å². The highest BCUT2D eigenvalue weighted by molar-refractivity contribution is 5.87. The van der Waals surface area contributed by atoms with E-state index < -0.39 is 5.60 Å². The monoisotopic (exact) mass is 432 g/mol. The summed E-state index contributed by atoms with van der Waals surface area (Å²) >= 11 is 0. The van der Waals surface area contributed by atoms with E-state index in [4.69, 9.17) is 0 Å². The van der Waals surface area contributed by atoms with Crippen LogP contribution in [0.5, 0.6) is 0 Å². The molecule has 1 fully saturated rings. The number of pyridine rings is 1. The summed E-state index contributed by atoms with van der Waals surface area (Å²) < 4.78 is 3.11. The number of rotatable bonds is 5. The lowest BCUT2D eigenvalue weighted by Crippen LogP contribution is -2.36. The predicted molar refractivity (Wildman–Crippen MR) is 113 cm³/mol. The Labute approximate surface area is 182 Å². The second-order valence-corrected chi connectivity index (χ2v) is 7.56. The second kappa shape index (κ2) is 7.50. The van der Waals surface area contributed by atoms with Crippen molar-refractivity contribution in [3.8, 4) is 17.2 Å². The highest BCUT2D eigenvalue weighted by Gasteiger charge is 2.47. The molecule has 5 heterocycles. The van der Waals surface area contributed by atoms with E-state index in [2.05, 4.69) is 35.7 Å². The number of amides is 1. The molecule has 12 nitrogen and oxygen atoms in total. The van der Waals surface area contributed by atoms with Crippen molar-refractivity contribution in [3.63, 3.8) is 0 Å². The quantitative estimate of drug-likeness (QED) is 0.465. The predicted octanol–water partition coefficient (Wildman–Crippen LogP) is 0.646. The van der Waals surface area contributed by atoms with Crippen molar-refractivity contribution < 1.29 is 9.90 Å². The number of aryl methyl sites for hydroxylation is 1. The van der Waals surface area contributed by atoms with Crippen LogP contribution in [0.4, 0.5) is 11.6 Å². The summed E-state index contributed by atoms with van der Waals surface area (Å²) in [7, 11) is 3.47. The van der Waals surface area contributed by atoms with E-state index >= 15 is 0 Å². The first-order chi connectivity index (χ1) is 15.4. The zero-order chi connectivity index (χ0) is 22.3. The van der Waals surface area contributed by atoms with E-state index in [1.807, 2.05) is 25.4 Å². The average molecular weight is 432 g/mol. The Morgan fingerprint density at radius 2 is 1.97 bits per heavy atom. The number of aromatic nitrogens is 8. The third kappa shape index (κ3) is 3.46. The Hall–Kier alpha value is -4.19. The molecule has 1 amide bonds. The van der Waals surface area contributed by atoms with Crippen LogP contribution in [0.2, 0.25) is 0 Å². The van der Waals surface area contributed by atoms with Gasteiger partial charge in [-0.2, -0.15) is 5.10 Å². The molecule has 32 heavy (non-hydrogen) atoms. The molecule has 0 spiro atoms. The van der Waals surface area contributed by atoms with Crippen LogP contribution in [0.1, 0.15) is 12.1 Å². The van der Waals surface area contributed by atoms with E-state index in [0.717, 1.165) is 5.69 Å². The molecular formula is C20H20N10O2. The normalized spacial score (nSPS) is 18.3. The van der Waals surface area contributed by atoms with Gasteiger partial charge in [0, 0.05) is 39.5 Å². The zero-order valence-corrected chi connectivity index (χ0v) is 17.4. The molecule has 1 atom stereocenters. The lowest BCUT2D eigenvalue weighted by atomic mass is 9.99. The van der Waals surface area contributed by atoms with Gasteiger partial charge in [0.25, 0.3) is 5.91 Å². The first-order valence-corrected chi connectivity index (χ1v) is 9.90. The third-order valence-electron chi connectivity index (χ3n) is 5.27. The maximum Gasteiger partial charge on any atom is 0.260 e. The molecule has 0 aliphatic carbocycles. The molecule has 1 saturated heterocycles. The van der Waals surface area contributed by atoms with Crippen LogP contribution in [0, 0.1) is 0 Å². The number of carbonyl (C=O) groups is 1. The highest BCUT2D eigenvalue weighted by atomic mass is 16.3. The Balaban J connectivity index is 1.42. The molecule has 4 aromatic heterocycles. The molecule has 0 saturated carbocycles. The number of carbonyl (C=O) groups excluding carboxylic acids is 1. The Morgan fingerprint density at radius 1 is 1.12 bits per heavy atom. The van der Waals surface area contributed by atoms with Crippen molar-refractivity contribution in [2.45, 2.75) is 12.0 Å². The Kier molecular flexibility index (Phi) is 4.63. The highest BCUT2D eigenvalue weighted by Crippen LogP contribution is 2.31. The van der Waals surface area contributed by atoms with Gasteiger partial charge in [-0.15, -0.1) is 5.10 Å². The average Bonchev–Trinajstić information content (AvgIpc) is 3.52. The number of nitrogens with zero attached hydrogens (tertiary/aromatic N) is 9. The summed E-state index contributed by atoms with van der Waals surface area (Å²) in [5.41, 5.74) is 0.520. The van der Waals surface area contributed by atoms with E-state index in [0.29, 0.717) is 29.7 Å². The summed E-state index contributed by atoms with van der Waals surface area (Å²) in [6, 6.07) is 7.15. The fraction of sp³-hybridized carbons (Fsp3) is 0.250. The molecule has 0 radical (unpaired) electrons. The summed E-state index contributed by atoms with van der Waals surface area (Å²) in [6.45, 7) is 0.457. The van der Waals surface area contributed by atoms with E-state index in [1.165, 1.54) is 15.8 Å². The van der Waals surface area contributed by atoms with E-state index in [-0.39, 0.29) is 18.0 Å². The molecule has 4 aromatic rings. The number of hydrogen-bond donors (Lipinski definition) is 2. The number of likely N-dealkylation sites (N-methyl/N-ethyl adjacent to an activating group) is 1. The van der Waals surface area contributed by atoms with Crippen LogP contribution in [0.15, 0.2) is 49.1 Å². The van der Waals surface area contributed by atoms with Crippen LogP contribution < -0.4 is 5.32 Å². The van der Waals surface area contributed by atoms with Crippen molar-refractivity contribution in [3.05, 3.63) is 54.7 Å². The maximum absolute atomic E-state index is 12.3. The Bertz CT molecular complexity index is 1300. The smallest absolute Gasteiger partial charge is 0.260 e. The molecule has 12 heteroatoms. The van der Waals surface area contributed by atoms with Gasteiger partial charge in [-0.05, 0) is 18.2 Å². The Morgan fingerprint density at radius 3 is 2.72 bits per heavy atom. The lowest BCUT2D eigenvalue weighted by molar-refractivity contribution is -0.143. The lowest BCUT2D eigenvalue weighted by Gasteiger charge is -2.17. The van der Waals surface area contributed by atoms with Crippen molar-refractivity contribution >= 4 is 17.5 Å². The molecule has 2 N–H and O–H groups in total. The van der Waals surface area contributed by atoms with Crippen LogP contribution in [-0.4, -0.2) is 69.2 Å². The summed E-state index contributed by atoms with van der Waals surface area (Å²) in [4.78, 5) is 27.2. The number of likely N-dealkylation sites (tertiary alicyclic amines) is 1. The van der Waals surface area contributed by atoms with Gasteiger partial charge < -0.3 is 15.3 Å². The molecule has 1 unspecified atom stereocenters. The third-order valence-corrected chi connectivity index (χ3v) is 5.27. The van der Waals surface area contributed by atoms with E-state index in [9.17, 15) is 9.90 Å². The van der Waals surface area contributed by atoms with Crippen LogP contribution in [0.3, 0.4) is 0 Å². The molecule has 1 aliphatic rings. The first-order valence-electron chi connectivity index (χ1n) is 9.90. The fourth-order valence-corrected chi connectivity index (χ4v) is 3.53. The van der Waals surface area contributed by atoms with Gasteiger partial charge in [0.2, 0.25) is 5.95 Å². The van der Waals surface area contributed by atoms with E-state index in [1.54, 1.807) is 36.3 Å². The van der Waals surface area contributed by atoms with Crippen molar-refractivity contribution in [1.82, 2.24) is 44.6 Å². The number of nitrogens with one attached hydrogen (secondary N) is 1. The van der Waals surface area contributed by atoms with Gasteiger partial charge in [0.15, 0.2) is 11.4 Å². The fourth-order valence-electron chi connectivity index (χ4n) is 3.53. The molecular weight excluding hydrogens is 412 g/mol. The maximum atomic E-state index is 12.3. The van der Waals surface area contributed by atoms with Crippen molar-refractivity contribution in [1.29, 1.82) is 0 Å². The van der Waals surface area contributed by atoms with Crippen molar-refractivity contribution in [2.24, 2.45) is 7.05 Å². The molecule has 0 aromatic carbocycles. The molecule has 162 valence electrons. The number of aliphatic hydroxyl groups is 1. The minimum Gasteiger partial charge on any atom is -0.374 e. The zero-order valence-electron chi connectivity index (χ0n) is 17.4. The van der Waals surface area contributed by atoms with Gasteiger partial charge in [0.05, 0.1) is 29.5 Å². The topological polar surface area (TPSA) is 140 Å². The molecule has 0 bridgehead atoms.